The molecule has 0 amide bonds. The fraction of sp³-hybridized carbons (Fsp3) is 0.174. The number of aromatic carboxylic acids is 1. The second kappa shape index (κ2) is 9.63. The summed E-state index contributed by atoms with van der Waals surface area (Å²) < 4.78 is 38.9. The van der Waals surface area contributed by atoms with Gasteiger partial charge in [0.05, 0.1) is 12.7 Å². The maximum atomic E-state index is 12.7. The summed E-state index contributed by atoms with van der Waals surface area (Å²) in [6.07, 6.45) is 0.449. The third-order valence-electron chi connectivity index (χ3n) is 4.64. The number of ether oxygens (including phenoxy) is 2. The molecule has 0 saturated carbocycles. The first kappa shape index (κ1) is 22.3. The zero-order valence-corrected chi connectivity index (χ0v) is 18.0. The van der Waals surface area contributed by atoms with Crippen LogP contribution in [0.1, 0.15) is 21.5 Å². The molecule has 3 aromatic carbocycles. The molecular formula is C23H23NO6S. The Morgan fingerprint density at radius 2 is 1.65 bits per heavy atom. The second-order valence-corrected chi connectivity index (χ2v) is 8.57. The van der Waals surface area contributed by atoms with Crippen LogP contribution in [0.2, 0.25) is 0 Å². The van der Waals surface area contributed by atoms with Gasteiger partial charge in [-0.25, -0.2) is 17.9 Å². The van der Waals surface area contributed by atoms with Gasteiger partial charge in [-0.1, -0.05) is 30.3 Å². The Bertz CT molecular complexity index is 1160. The van der Waals surface area contributed by atoms with Crippen molar-refractivity contribution in [3.8, 4) is 17.2 Å². The normalized spacial score (nSPS) is 11.2. The van der Waals surface area contributed by atoms with Crippen molar-refractivity contribution in [1.82, 2.24) is 4.72 Å². The van der Waals surface area contributed by atoms with E-state index in [0.29, 0.717) is 17.7 Å². The molecule has 3 rings (SSSR count). The number of sulfonamides is 1. The van der Waals surface area contributed by atoms with Crippen molar-refractivity contribution in [2.45, 2.75) is 18.2 Å². The van der Waals surface area contributed by atoms with Crippen molar-refractivity contribution in [3.05, 3.63) is 83.4 Å². The predicted molar refractivity (Wildman–Crippen MR) is 117 cm³/mol. The van der Waals surface area contributed by atoms with E-state index in [0.717, 1.165) is 17.4 Å². The third kappa shape index (κ3) is 5.62. The molecule has 7 nitrogen and oxygen atoms in total. The van der Waals surface area contributed by atoms with Crippen molar-refractivity contribution < 1.29 is 27.8 Å². The number of aryl methyl sites for hydroxylation is 1. The Kier molecular flexibility index (Phi) is 6.94. The number of methoxy groups -OCH3 is 1. The van der Waals surface area contributed by atoms with E-state index in [1.165, 1.54) is 13.2 Å². The first-order valence-electron chi connectivity index (χ1n) is 9.53. The lowest BCUT2D eigenvalue weighted by atomic mass is 10.1. The molecule has 0 atom stereocenters. The number of para-hydroxylation sites is 1. The fourth-order valence-electron chi connectivity index (χ4n) is 3.02. The molecule has 0 unspecified atom stereocenters. The summed E-state index contributed by atoms with van der Waals surface area (Å²) in [6.45, 7) is 1.72. The number of rotatable bonds is 9. The average molecular weight is 442 g/mol. The number of benzene rings is 3. The second-order valence-electron chi connectivity index (χ2n) is 6.83. The molecule has 0 aliphatic carbocycles. The maximum absolute atomic E-state index is 12.7. The molecule has 0 aliphatic rings. The van der Waals surface area contributed by atoms with Crippen LogP contribution in [0.4, 0.5) is 0 Å². The van der Waals surface area contributed by atoms with E-state index in [9.17, 15) is 18.3 Å². The average Bonchev–Trinajstić information content (AvgIpc) is 2.75. The van der Waals surface area contributed by atoms with Gasteiger partial charge in [0.1, 0.15) is 22.1 Å². The van der Waals surface area contributed by atoms with Crippen molar-refractivity contribution in [1.29, 1.82) is 0 Å². The third-order valence-corrected chi connectivity index (χ3v) is 6.12. The number of hydrogen-bond donors (Lipinski definition) is 2. The zero-order chi connectivity index (χ0) is 22.4. The van der Waals surface area contributed by atoms with Gasteiger partial charge in [-0.05, 0) is 60.9 Å². The summed E-state index contributed by atoms with van der Waals surface area (Å²) in [5.41, 5.74) is 1.25. The highest BCUT2D eigenvalue weighted by molar-refractivity contribution is 7.89. The maximum Gasteiger partial charge on any atom is 0.336 e. The lowest BCUT2D eigenvalue weighted by Crippen LogP contribution is -2.26. The van der Waals surface area contributed by atoms with Crippen LogP contribution in [0.3, 0.4) is 0 Å². The van der Waals surface area contributed by atoms with Gasteiger partial charge in [-0.15, -0.1) is 0 Å². The van der Waals surface area contributed by atoms with Crippen LogP contribution in [0.15, 0.2) is 71.6 Å². The molecule has 0 heterocycles. The van der Waals surface area contributed by atoms with Crippen LogP contribution in [0.25, 0.3) is 0 Å². The van der Waals surface area contributed by atoms with Crippen molar-refractivity contribution >= 4 is 16.0 Å². The molecular weight excluding hydrogens is 418 g/mol. The highest BCUT2D eigenvalue weighted by Gasteiger charge is 2.23. The largest absolute Gasteiger partial charge is 0.495 e. The number of carboxylic acid groups (broad SMARTS) is 1. The van der Waals surface area contributed by atoms with Gasteiger partial charge in [0.15, 0.2) is 0 Å². The molecule has 0 spiro atoms. The monoisotopic (exact) mass is 441 g/mol. The predicted octanol–water partition coefficient (Wildman–Crippen LogP) is 4.02. The summed E-state index contributed by atoms with van der Waals surface area (Å²) in [7, 11) is -2.62. The summed E-state index contributed by atoms with van der Waals surface area (Å²) in [5.74, 6) is 0.309. The van der Waals surface area contributed by atoms with Crippen molar-refractivity contribution in [2.75, 3.05) is 13.7 Å². The molecule has 0 fully saturated rings. The van der Waals surface area contributed by atoms with Crippen LogP contribution in [-0.2, 0) is 16.4 Å². The Labute approximate surface area is 181 Å². The molecule has 2 N–H and O–H groups in total. The van der Waals surface area contributed by atoms with E-state index in [4.69, 9.17) is 9.47 Å². The fourth-order valence-corrected chi connectivity index (χ4v) is 4.22. The number of carbonyl (C=O) groups is 1. The minimum absolute atomic E-state index is 0.0878. The molecule has 0 radical (unpaired) electrons. The Morgan fingerprint density at radius 3 is 2.26 bits per heavy atom. The summed E-state index contributed by atoms with van der Waals surface area (Å²) in [4.78, 5) is 11.2. The quantitative estimate of drug-likeness (QED) is 0.520. The Morgan fingerprint density at radius 1 is 1.00 bits per heavy atom. The molecule has 162 valence electrons. The smallest absolute Gasteiger partial charge is 0.336 e. The topological polar surface area (TPSA) is 102 Å². The lowest BCUT2D eigenvalue weighted by Gasteiger charge is -2.13. The van der Waals surface area contributed by atoms with E-state index in [1.807, 2.05) is 54.6 Å². The van der Waals surface area contributed by atoms with Gasteiger partial charge in [0.25, 0.3) is 0 Å². The van der Waals surface area contributed by atoms with E-state index in [2.05, 4.69) is 4.72 Å². The van der Waals surface area contributed by atoms with E-state index in [-0.39, 0.29) is 22.8 Å². The van der Waals surface area contributed by atoms with Crippen LogP contribution in [0.5, 0.6) is 17.2 Å². The van der Waals surface area contributed by atoms with Gasteiger partial charge in [-0.2, -0.15) is 0 Å². The Hall–Kier alpha value is -3.36. The molecule has 3 aromatic rings. The highest BCUT2D eigenvalue weighted by atomic mass is 32.2. The van der Waals surface area contributed by atoms with Gasteiger partial charge >= 0.3 is 5.97 Å². The molecule has 0 bridgehead atoms. The first-order chi connectivity index (χ1) is 14.8. The van der Waals surface area contributed by atoms with Crippen LogP contribution in [-0.4, -0.2) is 33.1 Å². The molecule has 0 saturated heterocycles. The number of carboxylic acids is 1. The number of nitrogens with one attached hydrogen (secondary N) is 1. The highest BCUT2D eigenvalue weighted by Crippen LogP contribution is 2.28. The van der Waals surface area contributed by atoms with Gasteiger partial charge in [0.2, 0.25) is 10.0 Å². The van der Waals surface area contributed by atoms with E-state index < -0.39 is 16.0 Å². The standard InChI is InChI=1S/C23H23NO6S/c1-16-14-21(29-2)22(15-20(16)23(25)26)31(27,28)24-13-12-17-8-10-19(11-9-17)30-18-6-4-3-5-7-18/h3-11,14-15,24H,12-13H2,1-2H3,(H,25,26). The van der Waals surface area contributed by atoms with Crippen molar-refractivity contribution in [2.24, 2.45) is 0 Å². The first-order valence-corrected chi connectivity index (χ1v) is 11.0. The zero-order valence-electron chi connectivity index (χ0n) is 17.2. The summed E-state index contributed by atoms with van der Waals surface area (Å²) in [5, 5.41) is 9.29. The number of hydrogen-bond acceptors (Lipinski definition) is 5. The van der Waals surface area contributed by atoms with Crippen LogP contribution < -0.4 is 14.2 Å². The molecule has 0 aliphatic heterocycles. The molecule has 31 heavy (non-hydrogen) atoms. The minimum Gasteiger partial charge on any atom is -0.495 e. The summed E-state index contributed by atoms with van der Waals surface area (Å²) in [6, 6.07) is 19.3. The van der Waals surface area contributed by atoms with Crippen molar-refractivity contribution in [3.63, 3.8) is 0 Å². The van der Waals surface area contributed by atoms with Crippen LogP contribution in [0, 0.1) is 6.92 Å². The van der Waals surface area contributed by atoms with Gasteiger partial charge in [0, 0.05) is 6.54 Å². The van der Waals surface area contributed by atoms with Gasteiger partial charge < -0.3 is 14.6 Å². The molecule has 0 aromatic heterocycles. The molecule has 8 heteroatoms. The van der Waals surface area contributed by atoms with Gasteiger partial charge in [-0.3, -0.25) is 0 Å². The van der Waals surface area contributed by atoms with Crippen LogP contribution >= 0.6 is 0 Å². The minimum atomic E-state index is -3.96. The van der Waals surface area contributed by atoms with E-state index >= 15 is 0 Å². The summed E-state index contributed by atoms with van der Waals surface area (Å²) >= 11 is 0. The SMILES string of the molecule is COc1cc(C)c(C(=O)O)cc1S(=O)(=O)NCCc1ccc(Oc2ccccc2)cc1. The van der Waals surface area contributed by atoms with E-state index in [1.54, 1.807) is 6.92 Å². The lowest BCUT2D eigenvalue weighted by molar-refractivity contribution is 0.0695. The Balaban J connectivity index is 1.66.